The summed E-state index contributed by atoms with van der Waals surface area (Å²) >= 11 is 0. The molecule has 0 spiro atoms. The van der Waals surface area contributed by atoms with Crippen LogP contribution >= 0.6 is 0 Å². The number of halogens is 1. The number of aliphatic hydroxyl groups is 6. The van der Waals surface area contributed by atoms with Crippen LogP contribution in [0.5, 0.6) is 0 Å². The van der Waals surface area contributed by atoms with E-state index >= 15 is 0 Å². The first-order valence-corrected chi connectivity index (χ1v) is 20.8. The van der Waals surface area contributed by atoms with Crippen LogP contribution in [0.25, 0.3) is 0 Å². The lowest BCUT2D eigenvalue weighted by Gasteiger charge is -2.66. The summed E-state index contributed by atoms with van der Waals surface area (Å²) in [5, 5.41) is 64.9. The zero-order chi connectivity index (χ0) is 37.1. The number of nitrogens with one attached hydrogen (secondary N) is 1. The Balaban J connectivity index is 1.32. The van der Waals surface area contributed by atoms with Gasteiger partial charge in [0.05, 0.1) is 25.4 Å². The van der Waals surface area contributed by atoms with Crippen molar-refractivity contribution >= 4 is 5.91 Å². The van der Waals surface area contributed by atoms with Crippen molar-refractivity contribution in [2.24, 2.45) is 5.41 Å². The second kappa shape index (κ2) is 23.8. The average Bonchev–Trinajstić information content (AvgIpc) is 3.09. The first-order valence-electron chi connectivity index (χ1n) is 20.8. The van der Waals surface area contributed by atoms with Gasteiger partial charge in [0.1, 0.15) is 36.2 Å². The number of rotatable bonds is 31. The van der Waals surface area contributed by atoms with E-state index in [1.165, 1.54) is 77.0 Å². The Morgan fingerprint density at radius 2 is 1.27 bits per heavy atom. The normalized spacial score (nSPS) is 30.3. The molecule has 1 heterocycles. The molecule has 4 aliphatic rings. The van der Waals surface area contributed by atoms with E-state index in [-0.39, 0.29) is 18.9 Å². The first kappa shape index (κ1) is 44.5. The highest BCUT2D eigenvalue weighted by molar-refractivity contribution is 5.76. The van der Waals surface area contributed by atoms with Gasteiger partial charge in [-0.25, -0.2) is 4.39 Å². The van der Waals surface area contributed by atoms with Crippen molar-refractivity contribution in [1.29, 1.82) is 0 Å². The van der Waals surface area contributed by atoms with E-state index in [2.05, 4.69) is 12.2 Å². The van der Waals surface area contributed by atoms with Crippen molar-refractivity contribution in [3.8, 4) is 0 Å². The summed E-state index contributed by atoms with van der Waals surface area (Å²) in [6.07, 6.45) is 17.2. The van der Waals surface area contributed by atoms with Crippen LogP contribution in [0, 0.1) is 5.41 Å². The molecule has 3 saturated carbocycles. The molecule has 2 bridgehead atoms. The van der Waals surface area contributed by atoms with Crippen molar-refractivity contribution in [3.63, 3.8) is 0 Å². The third-order valence-corrected chi connectivity index (χ3v) is 11.7. The quantitative estimate of drug-likeness (QED) is 0.0430. The Bertz CT molecular complexity index is 922. The smallest absolute Gasteiger partial charge is 0.220 e. The van der Waals surface area contributed by atoms with Crippen LogP contribution in [0.3, 0.4) is 0 Å². The zero-order valence-electron chi connectivity index (χ0n) is 31.7. The lowest BCUT2D eigenvalue weighted by atomic mass is 9.41. The van der Waals surface area contributed by atoms with E-state index in [0.717, 1.165) is 70.6 Å². The van der Waals surface area contributed by atoms with Gasteiger partial charge in [0.25, 0.3) is 0 Å². The number of amides is 1. The molecule has 11 heteroatoms. The van der Waals surface area contributed by atoms with Gasteiger partial charge >= 0.3 is 0 Å². The molecule has 0 aromatic carbocycles. The van der Waals surface area contributed by atoms with Crippen molar-refractivity contribution in [2.45, 2.75) is 228 Å². The number of carbonyl (C=O) groups is 1. The van der Waals surface area contributed by atoms with E-state index in [1.54, 1.807) is 0 Å². The minimum absolute atomic E-state index is 0.260. The van der Waals surface area contributed by atoms with Gasteiger partial charge in [-0.1, -0.05) is 129 Å². The Labute approximate surface area is 307 Å². The Morgan fingerprint density at radius 3 is 1.80 bits per heavy atom. The lowest BCUT2D eigenvalue weighted by Crippen LogP contribution is -2.64. The Kier molecular flexibility index (Phi) is 20.7. The summed E-state index contributed by atoms with van der Waals surface area (Å²) in [5.41, 5.74) is -0.451. The summed E-state index contributed by atoms with van der Waals surface area (Å²) in [4.78, 5) is 12.9. The van der Waals surface area contributed by atoms with E-state index in [1.807, 2.05) is 0 Å². The molecule has 300 valence electrons. The van der Waals surface area contributed by atoms with Gasteiger partial charge in [-0.3, -0.25) is 4.79 Å². The summed E-state index contributed by atoms with van der Waals surface area (Å²) in [7, 11) is 0. The van der Waals surface area contributed by atoms with Crippen LogP contribution in [-0.4, -0.2) is 104 Å². The van der Waals surface area contributed by atoms with Gasteiger partial charge in [0.15, 0.2) is 6.29 Å². The Hall–Kier alpha value is -0.920. The maximum Gasteiger partial charge on any atom is 0.220 e. The fourth-order valence-electron chi connectivity index (χ4n) is 8.51. The third-order valence-electron chi connectivity index (χ3n) is 11.7. The third kappa shape index (κ3) is 15.4. The van der Waals surface area contributed by atoms with Crippen molar-refractivity contribution in [1.82, 2.24) is 5.32 Å². The highest BCUT2D eigenvalue weighted by Gasteiger charge is 2.68. The van der Waals surface area contributed by atoms with Crippen LogP contribution in [0.2, 0.25) is 0 Å². The van der Waals surface area contributed by atoms with Crippen LogP contribution in [-0.2, 0) is 14.3 Å². The average molecular weight is 732 g/mol. The number of hydrogen-bond acceptors (Lipinski definition) is 9. The summed E-state index contributed by atoms with van der Waals surface area (Å²) in [6, 6.07) is -1.00. The summed E-state index contributed by atoms with van der Waals surface area (Å²) < 4.78 is 24.8. The molecule has 1 amide bonds. The molecule has 4 rings (SSSR count). The van der Waals surface area contributed by atoms with E-state index in [4.69, 9.17) is 9.47 Å². The van der Waals surface area contributed by atoms with Gasteiger partial charge < -0.3 is 45.4 Å². The predicted octanol–water partition coefficient (Wildman–Crippen LogP) is 5.89. The molecule has 10 nitrogen and oxygen atoms in total. The van der Waals surface area contributed by atoms with Gasteiger partial charge in [-0.15, -0.1) is 0 Å². The summed E-state index contributed by atoms with van der Waals surface area (Å²) in [5.74, 6) is -0.280. The van der Waals surface area contributed by atoms with Gasteiger partial charge in [-0.05, 0) is 43.9 Å². The number of aliphatic hydroxyl groups excluding tert-OH is 6. The van der Waals surface area contributed by atoms with Crippen LogP contribution in [0.4, 0.5) is 4.39 Å². The van der Waals surface area contributed by atoms with Crippen molar-refractivity contribution < 1.29 is 49.3 Å². The van der Waals surface area contributed by atoms with E-state index < -0.39 is 61.2 Å². The first-order chi connectivity index (χ1) is 24.5. The minimum atomic E-state index is -1.61. The van der Waals surface area contributed by atoms with Crippen molar-refractivity contribution in [2.75, 3.05) is 13.2 Å². The van der Waals surface area contributed by atoms with Crippen molar-refractivity contribution in [3.05, 3.63) is 0 Å². The number of alkyl halides is 1. The van der Waals surface area contributed by atoms with Gasteiger partial charge in [-0.2, -0.15) is 0 Å². The Morgan fingerprint density at radius 1 is 0.765 bits per heavy atom. The summed E-state index contributed by atoms with van der Waals surface area (Å²) in [6.45, 7) is 1.31. The monoisotopic (exact) mass is 732 g/mol. The fraction of sp³-hybridized carbons (Fsp3) is 0.975. The number of unbranched alkanes of at least 4 members (excludes halogenated alkanes) is 18. The maximum absolute atomic E-state index is 13.7. The minimum Gasteiger partial charge on any atom is -0.394 e. The molecule has 0 radical (unpaired) electrons. The molecule has 5 unspecified atom stereocenters. The second-order valence-corrected chi connectivity index (χ2v) is 16.4. The molecule has 4 fully saturated rings. The van der Waals surface area contributed by atoms with Crippen LogP contribution < -0.4 is 5.32 Å². The predicted molar refractivity (Wildman–Crippen MR) is 196 cm³/mol. The second-order valence-electron chi connectivity index (χ2n) is 16.4. The molecule has 7 N–H and O–H groups in total. The SMILES string of the molecule is CCCCCCCCCCCCCC[C@@H](O)[C@@H](O)[C@H](COC1OC(CO)C(O)C(O)C1O)NC(=O)CCCCCCCCCCC12CC(F)(C1)C2. The molecule has 8 atom stereocenters. The van der Waals surface area contributed by atoms with E-state index in [0.29, 0.717) is 18.3 Å². The van der Waals surface area contributed by atoms with Gasteiger partial charge in [0, 0.05) is 6.42 Å². The van der Waals surface area contributed by atoms with Gasteiger partial charge in [0.2, 0.25) is 5.91 Å². The topological polar surface area (TPSA) is 169 Å². The van der Waals surface area contributed by atoms with Crippen LogP contribution in [0.1, 0.15) is 174 Å². The maximum atomic E-state index is 13.7. The molecule has 0 aromatic rings. The molecular weight excluding hydrogens is 657 g/mol. The zero-order valence-corrected chi connectivity index (χ0v) is 31.7. The van der Waals surface area contributed by atoms with E-state index in [9.17, 15) is 39.8 Å². The molecule has 3 aliphatic carbocycles. The lowest BCUT2D eigenvalue weighted by molar-refractivity contribution is -0.303. The molecule has 0 aromatic heterocycles. The number of hydrogen-bond donors (Lipinski definition) is 7. The largest absolute Gasteiger partial charge is 0.394 e. The molecule has 51 heavy (non-hydrogen) atoms. The molecule has 1 aliphatic heterocycles. The molecular formula is C40H74FNO9. The fourth-order valence-corrected chi connectivity index (χ4v) is 8.51. The number of ether oxygens (including phenoxy) is 2. The highest BCUT2D eigenvalue weighted by atomic mass is 19.1. The standard InChI is InChI=1S/C40H74FNO9/c1-2-3-4-5-6-7-8-9-10-13-16-19-22-31(44)34(46)30(26-50-38-37(49)36(48)35(47)32(25-43)51-38)42-33(45)23-20-17-14-11-12-15-18-21-24-39-27-40(41,28-39)29-39/h30-32,34-38,43-44,46-49H,2-29H2,1H3,(H,42,45)/t30-,31+,32?,34-,35?,36?,37?,38?,39?,40?/m0/s1. The van der Waals surface area contributed by atoms with Crippen LogP contribution in [0.15, 0.2) is 0 Å². The highest BCUT2D eigenvalue weighted by Crippen LogP contribution is 2.71. The number of carbonyl (C=O) groups excluding carboxylic acids is 1. The molecule has 1 saturated heterocycles.